The Kier molecular flexibility index (Phi) is 7.95. The molecule has 188 valence electrons. The van der Waals surface area contributed by atoms with Crippen LogP contribution in [0.25, 0.3) is 0 Å². The molecule has 0 radical (unpaired) electrons. The summed E-state index contributed by atoms with van der Waals surface area (Å²) in [5, 5.41) is 3.18. The number of ether oxygens (including phenoxy) is 1. The molecule has 2 aromatic carbocycles. The van der Waals surface area contributed by atoms with Gasteiger partial charge < -0.3 is 15.0 Å². The minimum Gasteiger partial charge on any atom is -0.497 e. The lowest BCUT2D eigenvalue weighted by Gasteiger charge is -2.33. The Bertz CT molecular complexity index is 1130. The zero-order valence-corrected chi connectivity index (χ0v) is 20.9. The Hall–Kier alpha value is -3.07. The summed E-state index contributed by atoms with van der Waals surface area (Å²) in [6.45, 7) is 0.974. The lowest BCUT2D eigenvalue weighted by molar-refractivity contribution is -0.127. The van der Waals surface area contributed by atoms with Gasteiger partial charge in [-0.05, 0) is 74.2 Å². The second kappa shape index (κ2) is 11.1. The van der Waals surface area contributed by atoms with Gasteiger partial charge in [-0.3, -0.25) is 14.3 Å². The third kappa shape index (κ3) is 6.33. The fourth-order valence-electron chi connectivity index (χ4n) is 4.77. The van der Waals surface area contributed by atoms with Gasteiger partial charge in [0.15, 0.2) is 0 Å². The highest BCUT2D eigenvalue weighted by atomic mass is 32.2. The van der Waals surface area contributed by atoms with Crippen molar-refractivity contribution in [2.24, 2.45) is 5.92 Å². The smallest absolute Gasteiger partial charge is 0.261 e. The first-order chi connectivity index (χ1) is 16.9. The molecular weight excluding hydrogens is 466 g/mol. The number of amides is 2. The van der Waals surface area contributed by atoms with Crippen LogP contribution < -0.4 is 14.8 Å². The second-order valence-corrected chi connectivity index (χ2v) is 11.0. The number of rotatable bonds is 7. The van der Waals surface area contributed by atoms with Crippen molar-refractivity contribution in [1.29, 1.82) is 0 Å². The zero-order valence-electron chi connectivity index (χ0n) is 20.0. The van der Waals surface area contributed by atoms with Crippen molar-refractivity contribution < 1.29 is 22.7 Å². The largest absolute Gasteiger partial charge is 0.497 e. The maximum Gasteiger partial charge on any atom is 0.261 e. The highest BCUT2D eigenvalue weighted by Crippen LogP contribution is 2.23. The Balaban J connectivity index is 1.37. The molecular formula is C26H33N3O5S. The molecule has 0 aromatic heterocycles. The van der Waals surface area contributed by atoms with E-state index < -0.39 is 10.0 Å². The van der Waals surface area contributed by atoms with Crippen LogP contribution in [0.4, 0.5) is 5.69 Å². The lowest BCUT2D eigenvalue weighted by Crippen LogP contribution is -2.47. The SMILES string of the molecule is COc1ccc(NS(=O)(=O)c2ccc(C(=O)N3CCCC(C(=O)NC4CCCCC4)C3)cc2)cc1. The Morgan fingerprint density at radius 3 is 2.26 bits per heavy atom. The van der Waals surface area contributed by atoms with Gasteiger partial charge in [-0.1, -0.05) is 19.3 Å². The van der Waals surface area contributed by atoms with Crippen molar-refractivity contribution >= 4 is 27.5 Å². The number of sulfonamides is 1. The zero-order chi connectivity index (χ0) is 24.8. The lowest BCUT2D eigenvalue weighted by atomic mass is 9.93. The van der Waals surface area contributed by atoms with E-state index in [1.807, 2.05) is 0 Å². The maximum absolute atomic E-state index is 13.1. The van der Waals surface area contributed by atoms with Gasteiger partial charge in [-0.15, -0.1) is 0 Å². The molecule has 35 heavy (non-hydrogen) atoms. The van der Waals surface area contributed by atoms with Crippen LogP contribution in [0.3, 0.4) is 0 Å². The van der Waals surface area contributed by atoms with Crippen molar-refractivity contribution in [3.8, 4) is 5.75 Å². The number of hydrogen-bond donors (Lipinski definition) is 2. The number of methoxy groups -OCH3 is 1. The molecule has 2 aromatic rings. The summed E-state index contributed by atoms with van der Waals surface area (Å²) < 4.78 is 33.1. The van der Waals surface area contributed by atoms with Gasteiger partial charge in [0.05, 0.1) is 17.9 Å². The molecule has 8 nitrogen and oxygen atoms in total. The average Bonchev–Trinajstić information content (AvgIpc) is 2.89. The van der Waals surface area contributed by atoms with E-state index in [1.165, 1.54) is 30.7 Å². The maximum atomic E-state index is 13.1. The predicted molar refractivity (Wildman–Crippen MR) is 134 cm³/mol. The number of anilines is 1. The molecule has 1 heterocycles. The number of carbonyl (C=O) groups is 2. The molecule has 2 aliphatic rings. The van der Waals surface area contributed by atoms with E-state index in [1.54, 1.807) is 36.3 Å². The van der Waals surface area contributed by atoms with E-state index in [-0.39, 0.29) is 28.7 Å². The quantitative estimate of drug-likeness (QED) is 0.603. The third-order valence-electron chi connectivity index (χ3n) is 6.78. The van der Waals surface area contributed by atoms with Crippen molar-refractivity contribution in [3.05, 3.63) is 54.1 Å². The summed E-state index contributed by atoms with van der Waals surface area (Å²) in [7, 11) is -2.26. The molecule has 1 saturated carbocycles. The van der Waals surface area contributed by atoms with Crippen LogP contribution in [-0.2, 0) is 14.8 Å². The van der Waals surface area contributed by atoms with E-state index in [9.17, 15) is 18.0 Å². The van der Waals surface area contributed by atoms with Crippen molar-refractivity contribution in [2.45, 2.75) is 55.9 Å². The third-order valence-corrected chi connectivity index (χ3v) is 8.18. The predicted octanol–water partition coefficient (Wildman–Crippen LogP) is 3.80. The van der Waals surface area contributed by atoms with Gasteiger partial charge in [-0.2, -0.15) is 0 Å². The molecule has 1 unspecified atom stereocenters. The first-order valence-electron chi connectivity index (χ1n) is 12.2. The molecule has 0 bridgehead atoms. The summed E-state index contributed by atoms with van der Waals surface area (Å²) in [6.07, 6.45) is 7.15. The monoisotopic (exact) mass is 499 g/mol. The highest BCUT2D eigenvalue weighted by Gasteiger charge is 2.30. The molecule has 9 heteroatoms. The normalized spacial score (nSPS) is 19.1. The van der Waals surface area contributed by atoms with Gasteiger partial charge >= 0.3 is 0 Å². The number of hydrogen-bond acceptors (Lipinski definition) is 5. The minimum atomic E-state index is -3.80. The van der Waals surface area contributed by atoms with E-state index in [2.05, 4.69) is 10.0 Å². The van der Waals surface area contributed by atoms with Gasteiger partial charge in [0.1, 0.15) is 5.75 Å². The summed E-state index contributed by atoms with van der Waals surface area (Å²) in [5.74, 6) is 0.276. The second-order valence-electron chi connectivity index (χ2n) is 9.29. The molecule has 4 rings (SSSR count). The van der Waals surface area contributed by atoms with Gasteiger partial charge in [0.2, 0.25) is 5.91 Å². The average molecular weight is 500 g/mol. The molecule has 1 aliphatic carbocycles. The first kappa shape index (κ1) is 25.0. The summed E-state index contributed by atoms with van der Waals surface area (Å²) in [6, 6.07) is 12.7. The summed E-state index contributed by atoms with van der Waals surface area (Å²) in [4.78, 5) is 27.6. The summed E-state index contributed by atoms with van der Waals surface area (Å²) >= 11 is 0. The van der Waals surface area contributed by atoms with E-state index in [4.69, 9.17) is 4.74 Å². The van der Waals surface area contributed by atoms with Crippen LogP contribution in [-0.4, -0.2) is 51.4 Å². The Labute approximate surface area is 207 Å². The van der Waals surface area contributed by atoms with Crippen molar-refractivity contribution in [2.75, 3.05) is 24.9 Å². The van der Waals surface area contributed by atoms with E-state index in [0.717, 1.165) is 38.5 Å². The highest BCUT2D eigenvalue weighted by molar-refractivity contribution is 7.92. The Morgan fingerprint density at radius 2 is 1.60 bits per heavy atom. The molecule has 1 saturated heterocycles. The van der Waals surface area contributed by atoms with Crippen LogP contribution in [0.15, 0.2) is 53.4 Å². The number of benzene rings is 2. The van der Waals surface area contributed by atoms with Crippen LogP contribution in [0, 0.1) is 5.92 Å². The van der Waals surface area contributed by atoms with Crippen molar-refractivity contribution in [3.63, 3.8) is 0 Å². The van der Waals surface area contributed by atoms with Gasteiger partial charge in [0.25, 0.3) is 15.9 Å². The molecule has 1 atom stereocenters. The number of nitrogens with one attached hydrogen (secondary N) is 2. The molecule has 2 fully saturated rings. The number of carbonyl (C=O) groups excluding carboxylic acids is 2. The number of likely N-dealkylation sites (tertiary alicyclic amines) is 1. The molecule has 2 N–H and O–H groups in total. The summed E-state index contributed by atoms with van der Waals surface area (Å²) in [5.41, 5.74) is 0.818. The van der Waals surface area contributed by atoms with Gasteiger partial charge in [-0.25, -0.2) is 8.42 Å². The first-order valence-corrected chi connectivity index (χ1v) is 13.7. The van der Waals surface area contributed by atoms with E-state index >= 15 is 0 Å². The minimum absolute atomic E-state index is 0.0421. The fourth-order valence-corrected chi connectivity index (χ4v) is 5.83. The van der Waals surface area contributed by atoms with E-state index in [0.29, 0.717) is 30.1 Å². The van der Waals surface area contributed by atoms with Crippen molar-refractivity contribution in [1.82, 2.24) is 10.2 Å². The number of nitrogens with zero attached hydrogens (tertiary/aromatic N) is 1. The molecule has 0 spiro atoms. The molecule has 2 amide bonds. The number of piperidine rings is 1. The fraction of sp³-hybridized carbons (Fsp3) is 0.462. The van der Waals surface area contributed by atoms with Crippen LogP contribution >= 0.6 is 0 Å². The standard InChI is InChI=1S/C26H33N3O5S/c1-34-23-13-11-22(12-14-23)28-35(32,33)24-15-9-19(10-16-24)26(31)29-17-5-6-20(18-29)25(30)27-21-7-3-2-4-8-21/h9-16,20-21,28H,2-8,17-18H2,1H3,(H,27,30). The van der Waals surface area contributed by atoms with Crippen LogP contribution in [0.1, 0.15) is 55.3 Å². The van der Waals surface area contributed by atoms with Gasteiger partial charge in [0, 0.05) is 30.4 Å². The molecule has 1 aliphatic heterocycles. The van der Waals surface area contributed by atoms with Crippen LogP contribution in [0.2, 0.25) is 0 Å². The topological polar surface area (TPSA) is 105 Å². The Morgan fingerprint density at radius 1 is 0.914 bits per heavy atom. The van der Waals surface area contributed by atoms with Crippen LogP contribution in [0.5, 0.6) is 5.75 Å².